The number of nitrogens with zero attached hydrogens (tertiary/aromatic N) is 5. The van der Waals surface area contributed by atoms with E-state index in [4.69, 9.17) is 0 Å². The predicted octanol–water partition coefficient (Wildman–Crippen LogP) is 3.61. The summed E-state index contributed by atoms with van der Waals surface area (Å²) < 4.78 is 31.6. The van der Waals surface area contributed by atoms with Crippen LogP contribution in [0.1, 0.15) is 18.2 Å². The van der Waals surface area contributed by atoms with Crippen LogP contribution in [0.15, 0.2) is 72.3 Å². The smallest absolute Gasteiger partial charge is 0.259 e. The predicted molar refractivity (Wildman–Crippen MR) is 111 cm³/mol. The molecule has 146 valence electrons. The molecule has 7 nitrogen and oxygen atoms in total. The van der Waals surface area contributed by atoms with Crippen molar-refractivity contribution in [2.45, 2.75) is 25.2 Å². The Labute approximate surface area is 167 Å². The average Bonchev–Trinajstić information content (AvgIpc) is 3.44. The number of aromatic nitrogens is 5. The zero-order chi connectivity index (χ0) is 20.2. The SMILES string of the molecule is CCc1cccn1-n1cnc2cnc3c(ccn3S(=O)(=O)c3ccc(C)cc3)c21. The summed E-state index contributed by atoms with van der Waals surface area (Å²) in [6, 6.07) is 12.6. The van der Waals surface area contributed by atoms with Crippen LogP contribution >= 0.6 is 0 Å². The molecule has 8 heteroatoms. The van der Waals surface area contributed by atoms with Crippen molar-refractivity contribution < 1.29 is 8.42 Å². The van der Waals surface area contributed by atoms with E-state index in [1.165, 1.54) is 3.97 Å². The third-order valence-electron chi connectivity index (χ3n) is 5.15. The summed E-state index contributed by atoms with van der Waals surface area (Å²) in [7, 11) is -3.75. The molecule has 0 spiro atoms. The lowest BCUT2D eigenvalue weighted by atomic mass is 10.2. The molecule has 4 aromatic heterocycles. The van der Waals surface area contributed by atoms with Crippen LogP contribution in [0, 0.1) is 6.92 Å². The quantitative estimate of drug-likeness (QED) is 0.458. The Morgan fingerprint density at radius 1 is 0.966 bits per heavy atom. The van der Waals surface area contributed by atoms with Crippen molar-refractivity contribution in [2.75, 3.05) is 0 Å². The first-order valence-electron chi connectivity index (χ1n) is 9.33. The zero-order valence-corrected chi connectivity index (χ0v) is 16.8. The molecule has 0 saturated carbocycles. The topological polar surface area (TPSA) is 74.7 Å². The van der Waals surface area contributed by atoms with Crippen LogP contribution in [-0.2, 0) is 16.4 Å². The molecule has 0 aliphatic carbocycles. The van der Waals surface area contributed by atoms with Gasteiger partial charge in [0.05, 0.1) is 11.1 Å². The maximum Gasteiger partial charge on any atom is 0.269 e. The number of pyridine rings is 1. The summed E-state index contributed by atoms with van der Waals surface area (Å²) in [6.45, 7) is 4.01. The van der Waals surface area contributed by atoms with Crippen molar-refractivity contribution in [1.29, 1.82) is 0 Å². The van der Waals surface area contributed by atoms with Crippen LogP contribution in [0.4, 0.5) is 0 Å². The number of fused-ring (bicyclic) bond motifs is 3. The first kappa shape index (κ1) is 17.7. The van der Waals surface area contributed by atoms with Gasteiger partial charge in [-0.05, 0) is 43.7 Å². The maximum absolute atomic E-state index is 13.2. The van der Waals surface area contributed by atoms with E-state index in [1.54, 1.807) is 49.1 Å². The van der Waals surface area contributed by atoms with Gasteiger partial charge in [0.15, 0.2) is 5.65 Å². The van der Waals surface area contributed by atoms with Crippen molar-refractivity contribution in [3.8, 4) is 0 Å². The zero-order valence-electron chi connectivity index (χ0n) is 16.0. The van der Waals surface area contributed by atoms with Gasteiger partial charge in [0.25, 0.3) is 10.0 Å². The molecule has 5 rings (SSSR count). The highest BCUT2D eigenvalue weighted by Crippen LogP contribution is 2.27. The van der Waals surface area contributed by atoms with E-state index in [9.17, 15) is 8.42 Å². The first-order valence-corrected chi connectivity index (χ1v) is 10.8. The number of imidazole rings is 1. The van der Waals surface area contributed by atoms with Crippen LogP contribution in [0.5, 0.6) is 0 Å². The standard InChI is InChI=1S/C21H19N5O2S/c1-3-16-5-4-11-24(16)25-14-23-19-13-22-21-18(20(19)25)10-12-26(21)29(27,28)17-8-6-15(2)7-9-17/h4-14H,3H2,1-2H3. The van der Waals surface area contributed by atoms with Gasteiger partial charge in [0.2, 0.25) is 0 Å². The average molecular weight is 405 g/mol. The highest BCUT2D eigenvalue weighted by atomic mass is 32.2. The molecule has 0 N–H and O–H groups in total. The fourth-order valence-corrected chi connectivity index (χ4v) is 4.93. The largest absolute Gasteiger partial charge is 0.269 e. The summed E-state index contributed by atoms with van der Waals surface area (Å²) in [5.41, 5.74) is 4.03. The third kappa shape index (κ3) is 2.60. The molecular formula is C21H19N5O2S. The van der Waals surface area contributed by atoms with Gasteiger partial charge in [0, 0.05) is 23.5 Å². The van der Waals surface area contributed by atoms with Crippen molar-refractivity contribution in [3.63, 3.8) is 0 Å². The van der Waals surface area contributed by atoms with E-state index in [1.807, 2.05) is 28.5 Å². The Balaban J connectivity index is 1.76. The van der Waals surface area contributed by atoms with Gasteiger partial charge in [-0.15, -0.1) is 0 Å². The lowest BCUT2D eigenvalue weighted by molar-refractivity contribution is 0.588. The Bertz CT molecular complexity index is 1460. The van der Waals surface area contributed by atoms with Crippen LogP contribution in [-0.4, -0.2) is 31.7 Å². The molecule has 0 bridgehead atoms. The fraction of sp³-hybridized carbons (Fsp3) is 0.143. The molecular weight excluding hydrogens is 386 g/mol. The number of aryl methyl sites for hydroxylation is 2. The van der Waals surface area contributed by atoms with Gasteiger partial charge in [-0.3, -0.25) is 4.68 Å². The number of hydrogen-bond acceptors (Lipinski definition) is 4. The number of rotatable bonds is 4. The van der Waals surface area contributed by atoms with E-state index in [-0.39, 0.29) is 4.90 Å². The molecule has 0 unspecified atom stereocenters. The molecule has 5 aromatic rings. The molecule has 0 aliphatic rings. The van der Waals surface area contributed by atoms with Crippen LogP contribution in [0.25, 0.3) is 22.1 Å². The van der Waals surface area contributed by atoms with E-state index < -0.39 is 10.0 Å². The summed E-state index contributed by atoms with van der Waals surface area (Å²) in [4.78, 5) is 9.11. The highest BCUT2D eigenvalue weighted by Gasteiger charge is 2.22. The Hall–Kier alpha value is -3.39. The monoisotopic (exact) mass is 405 g/mol. The van der Waals surface area contributed by atoms with Gasteiger partial charge in [-0.1, -0.05) is 24.6 Å². The maximum atomic E-state index is 13.2. The molecule has 0 radical (unpaired) electrons. The molecule has 1 aromatic carbocycles. The van der Waals surface area contributed by atoms with Gasteiger partial charge in [-0.25, -0.2) is 27.0 Å². The van der Waals surface area contributed by atoms with Gasteiger partial charge in [0.1, 0.15) is 17.4 Å². The normalized spacial score (nSPS) is 12.2. The minimum atomic E-state index is -3.75. The summed E-state index contributed by atoms with van der Waals surface area (Å²) >= 11 is 0. The van der Waals surface area contributed by atoms with Crippen molar-refractivity contribution in [2.24, 2.45) is 0 Å². The van der Waals surface area contributed by atoms with Crippen LogP contribution in [0.2, 0.25) is 0 Å². The lowest BCUT2D eigenvalue weighted by Gasteiger charge is -2.11. The molecule has 0 aliphatic heterocycles. The Morgan fingerprint density at radius 3 is 2.52 bits per heavy atom. The Kier molecular flexibility index (Phi) is 3.85. The van der Waals surface area contributed by atoms with Crippen molar-refractivity contribution in [1.82, 2.24) is 23.3 Å². The molecule has 0 saturated heterocycles. The molecule has 0 atom stereocenters. The second-order valence-electron chi connectivity index (χ2n) is 6.95. The van der Waals surface area contributed by atoms with E-state index in [2.05, 4.69) is 23.0 Å². The van der Waals surface area contributed by atoms with Gasteiger partial charge < -0.3 is 0 Å². The number of hydrogen-bond donors (Lipinski definition) is 0. The molecule has 0 fully saturated rings. The number of benzene rings is 1. The van der Waals surface area contributed by atoms with E-state index in [0.29, 0.717) is 11.2 Å². The Morgan fingerprint density at radius 2 is 1.76 bits per heavy atom. The highest BCUT2D eigenvalue weighted by molar-refractivity contribution is 7.90. The van der Waals surface area contributed by atoms with Crippen molar-refractivity contribution >= 4 is 32.1 Å². The molecule has 4 heterocycles. The first-order chi connectivity index (χ1) is 14.0. The minimum Gasteiger partial charge on any atom is -0.259 e. The second-order valence-corrected chi connectivity index (χ2v) is 8.76. The van der Waals surface area contributed by atoms with Crippen LogP contribution in [0.3, 0.4) is 0 Å². The van der Waals surface area contributed by atoms with Gasteiger partial charge in [-0.2, -0.15) is 0 Å². The van der Waals surface area contributed by atoms with E-state index in [0.717, 1.165) is 28.6 Å². The molecule has 29 heavy (non-hydrogen) atoms. The minimum absolute atomic E-state index is 0.231. The summed E-state index contributed by atoms with van der Waals surface area (Å²) in [5, 5.41) is 0.728. The van der Waals surface area contributed by atoms with Crippen molar-refractivity contribution in [3.05, 3.63) is 78.6 Å². The van der Waals surface area contributed by atoms with Crippen LogP contribution < -0.4 is 0 Å². The van der Waals surface area contributed by atoms with Gasteiger partial charge >= 0.3 is 0 Å². The second kappa shape index (κ2) is 6.31. The fourth-order valence-electron chi connectivity index (χ4n) is 3.63. The summed E-state index contributed by atoms with van der Waals surface area (Å²) in [6.07, 6.45) is 7.73. The summed E-state index contributed by atoms with van der Waals surface area (Å²) in [5.74, 6) is 0. The molecule has 0 amide bonds. The lowest BCUT2D eigenvalue weighted by Crippen LogP contribution is -2.13. The van der Waals surface area contributed by atoms with E-state index >= 15 is 0 Å². The third-order valence-corrected chi connectivity index (χ3v) is 6.83.